The van der Waals surface area contributed by atoms with Crippen LogP contribution in [0, 0.1) is 40.9 Å². The zero-order chi connectivity index (χ0) is 18.5. The van der Waals surface area contributed by atoms with E-state index in [0.717, 1.165) is 48.3 Å². The SMILES string of the molecule is CCOC[C@@]1(O)CC[C@H]2[C@H](CC[C@@H]3[C@@H]2CC[C@]2(C)[C@@H]([C@@H](C)N)CC[C@@H]32)C1. The fraction of sp³-hybridized carbons (Fsp3) is 1.00. The van der Waals surface area contributed by atoms with Crippen molar-refractivity contribution in [3.63, 3.8) is 0 Å². The second-order valence-electron chi connectivity index (χ2n) is 10.6. The fourth-order valence-corrected chi connectivity index (χ4v) is 8.29. The summed E-state index contributed by atoms with van der Waals surface area (Å²) in [4.78, 5) is 0. The van der Waals surface area contributed by atoms with E-state index in [-0.39, 0.29) is 0 Å². The van der Waals surface area contributed by atoms with Gasteiger partial charge in [0, 0.05) is 12.6 Å². The van der Waals surface area contributed by atoms with E-state index in [9.17, 15) is 5.11 Å². The quantitative estimate of drug-likeness (QED) is 0.780. The molecule has 0 amide bonds. The Hall–Kier alpha value is -0.120. The summed E-state index contributed by atoms with van der Waals surface area (Å²) in [6.07, 6.45) is 11.4. The van der Waals surface area contributed by atoms with Gasteiger partial charge in [-0.25, -0.2) is 0 Å². The second kappa shape index (κ2) is 7.04. The van der Waals surface area contributed by atoms with Crippen LogP contribution < -0.4 is 5.73 Å². The summed E-state index contributed by atoms with van der Waals surface area (Å²) in [6, 6.07) is 0.348. The largest absolute Gasteiger partial charge is 0.387 e. The first-order valence-corrected chi connectivity index (χ1v) is 11.4. The lowest BCUT2D eigenvalue weighted by Gasteiger charge is -2.57. The molecule has 26 heavy (non-hydrogen) atoms. The van der Waals surface area contributed by atoms with Gasteiger partial charge in [-0.1, -0.05) is 6.92 Å². The Balaban J connectivity index is 1.47. The summed E-state index contributed by atoms with van der Waals surface area (Å²) in [7, 11) is 0. The summed E-state index contributed by atoms with van der Waals surface area (Å²) >= 11 is 0. The van der Waals surface area contributed by atoms with Crippen LogP contribution >= 0.6 is 0 Å². The van der Waals surface area contributed by atoms with E-state index in [0.29, 0.717) is 24.7 Å². The fourth-order valence-electron chi connectivity index (χ4n) is 8.29. The molecule has 0 heterocycles. The van der Waals surface area contributed by atoms with E-state index in [4.69, 9.17) is 10.5 Å². The summed E-state index contributed by atoms with van der Waals surface area (Å²) in [5.74, 6) is 5.06. The standard InChI is InChI=1S/C23H41NO2/c1-4-26-14-23(25)12-10-17-16(13-23)5-6-19-18(17)9-11-22(3)20(15(2)24)7-8-21(19)22/h15-21,25H,4-14,24H2,1-3H3/t15-,16-,17+,18-,19-,20-,21+,22-,23-/m1/s1. The van der Waals surface area contributed by atoms with E-state index in [1.54, 1.807) is 0 Å². The Morgan fingerprint density at radius 2 is 1.81 bits per heavy atom. The minimum absolute atomic E-state index is 0.348. The number of ether oxygens (including phenoxy) is 1. The highest BCUT2D eigenvalue weighted by Gasteiger charge is 2.58. The molecule has 9 atom stereocenters. The van der Waals surface area contributed by atoms with Crippen molar-refractivity contribution in [2.24, 2.45) is 46.7 Å². The number of rotatable bonds is 4. The van der Waals surface area contributed by atoms with Crippen molar-refractivity contribution < 1.29 is 9.84 Å². The average Bonchev–Trinajstić information content (AvgIpc) is 2.97. The van der Waals surface area contributed by atoms with E-state index < -0.39 is 5.60 Å². The Labute approximate surface area is 160 Å². The van der Waals surface area contributed by atoms with Gasteiger partial charge < -0.3 is 15.6 Å². The molecule has 0 aromatic rings. The molecule has 0 aromatic carbocycles. The van der Waals surface area contributed by atoms with Crippen molar-refractivity contribution in [1.29, 1.82) is 0 Å². The van der Waals surface area contributed by atoms with E-state index >= 15 is 0 Å². The van der Waals surface area contributed by atoms with Crippen LogP contribution in [-0.4, -0.2) is 30.0 Å². The summed E-state index contributed by atoms with van der Waals surface area (Å²) in [6.45, 7) is 8.08. The Bertz CT molecular complexity index is 508. The molecule has 0 aromatic heterocycles. The Morgan fingerprint density at radius 1 is 1.04 bits per heavy atom. The van der Waals surface area contributed by atoms with Crippen LogP contribution in [0.4, 0.5) is 0 Å². The van der Waals surface area contributed by atoms with Gasteiger partial charge in [0.1, 0.15) is 0 Å². The number of aliphatic hydroxyl groups is 1. The molecule has 3 heteroatoms. The highest BCUT2D eigenvalue weighted by atomic mass is 16.5. The molecule has 3 N–H and O–H groups in total. The number of hydrogen-bond donors (Lipinski definition) is 2. The van der Waals surface area contributed by atoms with Crippen LogP contribution in [0.25, 0.3) is 0 Å². The Morgan fingerprint density at radius 3 is 2.54 bits per heavy atom. The van der Waals surface area contributed by atoms with Gasteiger partial charge in [0.25, 0.3) is 0 Å². The molecule has 0 spiro atoms. The third-order valence-electron chi connectivity index (χ3n) is 9.39. The lowest BCUT2D eigenvalue weighted by atomic mass is 9.48. The van der Waals surface area contributed by atoms with Crippen LogP contribution in [0.1, 0.15) is 78.6 Å². The smallest absolute Gasteiger partial charge is 0.0883 e. The van der Waals surface area contributed by atoms with E-state index in [2.05, 4.69) is 13.8 Å². The monoisotopic (exact) mass is 363 g/mol. The van der Waals surface area contributed by atoms with Crippen LogP contribution in [0.15, 0.2) is 0 Å². The van der Waals surface area contributed by atoms with Crippen molar-refractivity contribution in [2.75, 3.05) is 13.2 Å². The average molecular weight is 364 g/mol. The Kier molecular flexibility index (Phi) is 5.20. The maximum Gasteiger partial charge on any atom is 0.0883 e. The van der Waals surface area contributed by atoms with Gasteiger partial charge in [-0.2, -0.15) is 0 Å². The van der Waals surface area contributed by atoms with Crippen molar-refractivity contribution >= 4 is 0 Å². The van der Waals surface area contributed by atoms with Gasteiger partial charge in [-0.15, -0.1) is 0 Å². The van der Waals surface area contributed by atoms with E-state index in [1.807, 2.05) is 6.92 Å². The first kappa shape index (κ1) is 19.2. The van der Waals surface area contributed by atoms with Gasteiger partial charge in [-0.05, 0) is 113 Å². The highest BCUT2D eigenvalue weighted by Crippen LogP contribution is 2.64. The molecule has 0 saturated heterocycles. The minimum atomic E-state index is -0.555. The normalized spacial score (nSPS) is 52.0. The van der Waals surface area contributed by atoms with Crippen molar-refractivity contribution in [2.45, 2.75) is 90.2 Å². The van der Waals surface area contributed by atoms with Gasteiger partial charge in [0.2, 0.25) is 0 Å². The maximum atomic E-state index is 11.0. The number of nitrogens with two attached hydrogens (primary N) is 1. The molecule has 150 valence electrons. The lowest BCUT2D eigenvalue weighted by Crippen LogP contribution is -2.52. The first-order valence-electron chi connectivity index (χ1n) is 11.4. The van der Waals surface area contributed by atoms with Gasteiger partial charge in [0.15, 0.2) is 0 Å². The maximum absolute atomic E-state index is 11.0. The highest BCUT2D eigenvalue weighted by molar-refractivity contribution is 5.08. The topological polar surface area (TPSA) is 55.5 Å². The molecule has 4 aliphatic rings. The molecular formula is C23H41NO2. The van der Waals surface area contributed by atoms with Crippen LogP contribution in [0.5, 0.6) is 0 Å². The third-order valence-corrected chi connectivity index (χ3v) is 9.39. The minimum Gasteiger partial charge on any atom is -0.387 e. The summed E-state index contributed by atoms with van der Waals surface area (Å²) < 4.78 is 5.60. The van der Waals surface area contributed by atoms with Crippen molar-refractivity contribution in [3.8, 4) is 0 Å². The molecule has 3 nitrogen and oxygen atoms in total. The van der Waals surface area contributed by atoms with Crippen molar-refractivity contribution in [3.05, 3.63) is 0 Å². The first-order chi connectivity index (χ1) is 12.4. The molecule has 4 fully saturated rings. The number of hydrogen-bond acceptors (Lipinski definition) is 3. The zero-order valence-electron chi connectivity index (χ0n) is 17.3. The third kappa shape index (κ3) is 3.06. The zero-order valence-corrected chi connectivity index (χ0v) is 17.3. The molecule has 4 aliphatic carbocycles. The molecule has 4 saturated carbocycles. The van der Waals surface area contributed by atoms with Gasteiger partial charge in [-0.3, -0.25) is 0 Å². The number of fused-ring (bicyclic) bond motifs is 5. The van der Waals surface area contributed by atoms with Crippen LogP contribution in [-0.2, 0) is 4.74 Å². The van der Waals surface area contributed by atoms with Crippen LogP contribution in [0.3, 0.4) is 0 Å². The molecule has 0 radical (unpaired) electrons. The van der Waals surface area contributed by atoms with Gasteiger partial charge in [0.05, 0.1) is 12.2 Å². The molecular weight excluding hydrogens is 322 g/mol. The molecule has 0 bridgehead atoms. The predicted octanol–water partition coefficient (Wildman–Crippen LogP) is 4.37. The molecule has 4 rings (SSSR count). The predicted molar refractivity (Wildman–Crippen MR) is 106 cm³/mol. The second-order valence-corrected chi connectivity index (χ2v) is 10.6. The van der Waals surface area contributed by atoms with Crippen LogP contribution in [0.2, 0.25) is 0 Å². The molecule has 0 aliphatic heterocycles. The summed E-state index contributed by atoms with van der Waals surface area (Å²) in [5.41, 5.74) is 6.33. The lowest BCUT2D eigenvalue weighted by molar-refractivity contribution is -0.128. The van der Waals surface area contributed by atoms with E-state index in [1.165, 1.54) is 44.9 Å². The molecule has 0 unspecified atom stereocenters. The van der Waals surface area contributed by atoms with Gasteiger partial charge >= 0.3 is 0 Å². The summed E-state index contributed by atoms with van der Waals surface area (Å²) in [5, 5.41) is 11.0. The van der Waals surface area contributed by atoms with Crippen molar-refractivity contribution in [1.82, 2.24) is 0 Å².